The van der Waals surface area contributed by atoms with Gasteiger partial charge in [0, 0.05) is 30.6 Å². The predicted octanol–water partition coefficient (Wildman–Crippen LogP) is 5.89. The van der Waals surface area contributed by atoms with Gasteiger partial charge in [-0.25, -0.2) is 4.98 Å². The Hall–Kier alpha value is -3.19. The highest BCUT2D eigenvalue weighted by molar-refractivity contribution is 9.10. The van der Waals surface area contributed by atoms with Crippen molar-refractivity contribution in [3.8, 4) is 11.3 Å². The summed E-state index contributed by atoms with van der Waals surface area (Å²) in [6.07, 6.45) is 6.16. The number of nitrogens with one attached hydrogen (secondary N) is 2. The van der Waals surface area contributed by atoms with Crippen molar-refractivity contribution in [2.24, 2.45) is 5.92 Å². The van der Waals surface area contributed by atoms with Gasteiger partial charge in [0.1, 0.15) is 5.82 Å². The van der Waals surface area contributed by atoms with E-state index in [0.29, 0.717) is 13.1 Å². The number of benzene rings is 2. The first-order valence-corrected chi connectivity index (χ1v) is 12.6. The Kier molecular flexibility index (Phi) is 6.63. The van der Waals surface area contributed by atoms with Gasteiger partial charge in [-0.1, -0.05) is 61.4 Å². The van der Waals surface area contributed by atoms with E-state index < -0.39 is 0 Å². The number of halogens is 1. The Morgan fingerprint density at radius 2 is 1.76 bits per heavy atom. The van der Waals surface area contributed by atoms with Gasteiger partial charge in [0.05, 0.1) is 16.4 Å². The van der Waals surface area contributed by atoms with Crippen LogP contribution in [0.2, 0.25) is 0 Å². The molecule has 1 aliphatic carbocycles. The molecule has 0 bridgehead atoms. The van der Waals surface area contributed by atoms with Gasteiger partial charge in [-0.15, -0.1) is 0 Å². The van der Waals surface area contributed by atoms with Crippen molar-refractivity contribution in [3.05, 3.63) is 82.0 Å². The number of carbonyl (C=O) groups is 1. The predicted molar refractivity (Wildman–Crippen MR) is 138 cm³/mol. The lowest BCUT2D eigenvalue weighted by atomic mass is 10.1. The van der Waals surface area contributed by atoms with Crippen LogP contribution in [0.4, 0.5) is 5.82 Å². The van der Waals surface area contributed by atoms with E-state index in [2.05, 4.69) is 75.0 Å². The molecule has 1 amide bonds. The molecule has 7 heteroatoms. The zero-order valence-corrected chi connectivity index (χ0v) is 20.8. The number of fused-ring (bicyclic) bond motifs is 1. The van der Waals surface area contributed by atoms with E-state index in [1.807, 2.05) is 22.7 Å². The number of nitrogens with zero attached hydrogens (tertiary/aromatic N) is 3. The largest absolute Gasteiger partial charge is 0.366 e. The summed E-state index contributed by atoms with van der Waals surface area (Å²) in [4.78, 5) is 17.1. The minimum atomic E-state index is 0.194. The van der Waals surface area contributed by atoms with Gasteiger partial charge < -0.3 is 10.6 Å². The van der Waals surface area contributed by atoms with E-state index in [4.69, 9.17) is 4.98 Å². The number of carbonyl (C=O) groups excluding carboxylic acids is 1. The van der Waals surface area contributed by atoms with Crippen molar-refractivity contribution in [2.45, 2.75) is 45.7 Å². The molecule has 0 radical (unpaired) electrons. The summed E-state index contributed by atoms with van der Waals surface area (Å²) in [6, 6.07) is 18.7. The third-order valence-corrected chi connectivity index (χ3v) is 7.10. The molecule has 0 unspecified atom stereocenters. The highest BCUT2D eigenvalue weighted by atomic mass is 79.9. The fourth-order valence-corrected chi connectivity index (χ4v) is 4.90. The van der Waals surface area contributed by atoms with Crippen LogP contribution in [0.3, 0.4) is 0 Å². The van der Waals surface area contributed by atoms with Gasteiger partial charge in [-0.05, 0) is 52.4 Å². The molecule has 34 heavy (non-hydrogen) atoms. The Labute approximate surface area is 207 Å². The highest BCUT2D eigenvalue weighted by Gasteiger charge is 2.22. The second kappa shape index (κ2) is 9.97. The number of rotatable bonds is 7. The lowest BCUT2D eigenvalue weighted by Gasteiger charge is -2.13. The van der Waals surface area contributed by atoms with Crippen LogP contribution >= 0.6 is 15.9 Å². The first-order valence-electron chi connectivity index (χ1n) is 11.8. The Balaban J connectivity index is 1.29. The lowest BCUT2D eigenvalue weighted by molar-refractivity contribution is -0.124. The number of anilines is 1. The maximum Gasteiger partial charge on any atom is 0.223 e. The molecule has 0 spiro atoms. The molecule has 174 valence electrons. The lowest BCUT2D eigenvalue weighted by Crippen LogP contribution is -2.28. The highest BCUT2D eigenvalue weighted by Crippen LogP contribution is 2.28. The van der Waals surface area contributed by atoms with E-state index in [1.165, 1.54) is 18.4 Å². The number of aromatic nitrogens is 3. The van der Waals surface area contributed by atoms with Gasteiger partial charge in [-0.2, -0.15) is 9.61 Å². The molecular weight excluding hydrogens is 490 g/mol. The monoisotopic (exact) mass is 517 g/mol. The quantitative estimate of drug-likeness (QED) is 0.320. The Morgan fingerprint density at radius 1 is 1.06 bits per heavy atom. The van der Waals surface area contributed by atoms with Gasteiger partial charge in [-0.3, -0.25) is 4.79 Å². The molecule has 4 aromatic rings. The second-order valence-corrected chi connectivity index (χ2v) is 9.79. The van der Waals surface area contributed by atoms with Crippen molar-refractivity contribution < 1.29 is 4.79 Å². The Morgan fingerprint density at radius 3 is 2.50 bits per heavy atom. The van der Waals surface area contributed by atoms with Crippen LogP contribution < -0.4 is 10.6 Å². The average molecular weight is 518 g/mol. The summed E-state index contributed by atoms with van der Waals surface area (Å²) in [6.45, 7) is 3.32. The van der Waals surface area contributed by atoms with Gasteiger partial charge in [0.25, 0.3) is 0 Å². The van der Waals surface area contributed by atoms with Gasteiger partial charge in [0.2, 0.25) is 5.91 Å². The van der Waals surface area contributed by atoms with Crippen molar-refractivity contribution in [1.29, 1.82) is 0 Å². The zero-order chi connectivity index (χ0) is 23.5. The first kappa shape index (κ1) is 22.6. The minimum Gasteiger partial charge on any atom is -0.366 e. The van der Waals surface area contributed by atoms with Crippen molar-refractivity contribution in [3.63, 3.8) is 0 Å². The van der Waals surface area contributed by atoms with E-state index in [-0.39, 0.29) is 11.8 Å². The van der Waals surface area contributed by atoms with Crippen LogP contribution in [0.25, 0.3) is 16.9 Å². The molecular formula is C27H28BrN5O. The molecule has 1 aliphatic rings. The summed E-state index contributed by atoms with van der Waals surface area (Å²) in [5, 5.41) is 11.1. The summed E-state index contributed by atoms with van der Waals surface area (Å²) >= 11 is 3.57. The second-order valence-electron chi connectivity index (χ2n) is 8.94. The summed E-state index contributed by atoms with van der Waals surface area (Å²) in [5.74, 6) is 1.27. The smallest absolute Gasteiger partial charge is 0.223 e. The summed E-state index contributed by atoms with van der Waals surface area (Å²) in [5.41, 5.74) is 6.22. The molecule has 2 heterocycles. The molecule has 0 saturated heterocycles. The van der Waals surface area contributed by atoms with E-state index in [0.717, 1.165) is 51.2 Å². The van der Waals surface area contributed by atoms with Crippen LogP contribution in [0, 0.1) is 12.8 Å². The maximum absolute atomic E-state index is 12.3. The molecule has 0 aliphatic heterocycles. The fourth-order valence-electron chi connectivity index (χ4n) is 4.55. The van der Waals surface area contributed by atoms with E-state index >= 15 is 0 Å². The van der Waals surface area contributed by atoms with Gasteiger partial charge in [0.15, 0.2) is 5.65 Å². The van der Waals surface area contributed by atoms with Crippen LogP contribution in [-0.4, -0.2) is 20.5 Å². The van der Waals surface area contributed by atoms with Crippen LogP contribution in [0.5, 0.6) is 0 Å². The molecule has 5 rings (SSSR count). The van der Waals surface area contributed by atoms with Crippen molar-refractivity contribution in [1.82, 2.24) is 19.9 Å². The number of hydrogen-bond acceptors (Lipinski definition) is 4. The van der Waals surface area contributed by atoms with Crippen LogP contribution in [0.15, 0.2) is 65.3 Å². The normalized spacial score (nSPS) is 13.9. The fraction of sp³-hybridized carbons (Fsp3) is 0.296. The summed E-state index contributed by atoms with van der Waals surface area (Å²) < 4.78 is 2.67. The first-order chi connectivity index (χ1) is 16.6. The van der Waals surface area contributed by atoms with Crippen molar-refractivity contribution in [2.75, 3.05) is 5.32 Å². The Bertz CT molecular complexity index is 1310. The third kappa shape index (κ3) is 4.85. The third-order valence-electron chi connectivity index (χ3n) is 6.54. The molecule has 2 N–H and O–H groups in total. The number of aryl methyl sites for hydroxylation is 1. The minimum absolute atomic E-state index is 0.194. The van der Waals surface area contributed by atoms with Crippen LogP contribution in [0.1, 0.15) is 42.4 Å². The average Bonchev–Trinajstić information content (AvgIpc) is 3.53. The topological polar surface area (TPSA) is 71.3 Å². The van der Waals surface area contributed by atoms with E-state index in [9.17, 15) is 4.79 Å². The SMILES string of the molecule is Cc1ccccc1-c1cc(NCc2ccc(CNC(=O)C3CCCC3)cc2)n2ncc(Br)c2n1. The number of hydrogen-bond donors (Lipinski definition) is 2. The van der Waals surface area contributed by atoms with Crippen molar-refractivity contribution >= 4 is 33.3 Å². The maximum atomic E-state index is 12.3. The van der Waals surface area contributed by atoms with E-state index in [1.54, 1.807) is 6.20 Å². The molecule has 1 fully saturated rings. The van der Waals surface area contributed by atoms with Crippen LogP contribution in [-0.2, 0) is 17.9 Å². The summed E-state index contributed by atoms with van der Waals surface area (Å²) in [7, 11) is 0. The van der Waals surface area contributed by atoms with Gasteiger partial charge >= 0.3 is 0 Å². The number of amides is 1. The standard InChI is InChI=1S/C27H28BrN5O/c1-18-6-2-5-9-22(18)24-14-25(33-26(32-24)23(28)17-31-33)29-15-19-10-12-20(13-11-19)16-30-27(34)21-7-3-4-8-21/h2,5-6,9-14,17,21,29H,3-4,7-8,15-16H2,1H3,(H,30,34). The molecule has 2 aromatic carbocycles. The zero-order valence-electron chi connectivity index (χ0n) is 19.2. The molecule has 1 saturated carbocycles. The molecule has 6 nitrogen and oxygen atoms in total. The molecule has 2 aromatic heterocycles. The molecule has 0 atom stereocenters.